The number of halogens is 9. The van der Waals surface area contributed by atoms with E-state index in [2.05, 4.69) is 4.90 Å². The molecule has 0 unspecified atom stereocenters. The van der Waals surface area contributed by atoms with Crippen LogP contribution in [-0.2, 0) is 6.42 Å². The highest BCUT2D eigenvalue weighted by Crippen LogP contribution is 2.49. The molecular weight excluding hydrogens is 657 g/mol. The minimum Gasteiger partial charge on any atom is -0.505 e. The van der Waals surface area contributed by atoms with Gasteiger partial charge >= 0.3 is 12.4 Å². The summed E-state index contributed by atoms with van der Waals surface area (Å²) in [6, 6.07) is 9.16. The summed E-state index contributed by atoms with van der Waals surface area (Å²) in [6.45, 7) is 1.67. The number of alkyl halides is 7. The summed E-state index contributed by atoms with van der Waals surface area (Å²) in [7, 11) is 0. The van der Waals surface area contributed by atoms with E-state index in [0.717, 1.165) is 78.1 Å². The lowest BCUT2D eigenvalue weighted by Crippen LogP contribution is -2.53. The Labute approximate surface area is 274 Å². The Morgan fingerprint density at radius 1 is 0.745 bits per heavy atom. The van der Waals surface area contributed by atoms with Crippen molar-refractivity contribution in [2.45, 2.75) is 88.7 Å². The van der Waals surface area contributed by atoms with Gasteiger partial charge in [0.1, 0.15) is 5.82 Å². The molecule has 2 aromatic rings. The predicted molar refractivity (Wildman–Crippen MR) is 168 cm³/mol. The van der Waals surface area contributed by atoms with Crippen molar-refractivity contribution < 1.29 is 49.7 Å². The number of phenolic OH excluding ortho intramolecular Hbond substituents is 1. The van der Waals surface area contributed by atoms with Crippen LogP contribution in [0.1, 0.15) is 80.9 Å². The highest BCUT2D eigenvalue weighted by molar-refractivity contribution is 7.99. The van der Waals surface area contributed by atoms with Gasteiger partial charge in [-0.3, -0.25) is 0 Å². The van der Waals surface area contributed by atoms with E-state index >= 15 is 0 Å². The molecule has 0 radical (unpaired) electrons. The largest absolute Gasteiger partial charge is 0.505 e. The van der Waals surface area contributed by atoms with Gasteiger partial charge in [0.25, 0.3) is 5.67 Å². The predicted octanol–water partition coefficient (Wildman–Crippen LogP) is 9.90. The van der Waals surface area contributed by atoms with Crippen molar-refractivity contribution in [2.24, 2.45) is 0 Å². The van der Waals surface area contributed by atoms with E-state index in [1.807, 2.05) is 0 Å². The van der Waals surface area contributed by atoms with Crippen LogP contribution in [0.15, 0.2) is 36.4 Å². The van der Waals surface area contributed by atoms with E-state index in [-0.39, 0.29) is 18.2 Å². The van der Waals surface area contributed by atoms with Crippen LogP contribution in [0.3, 0.4) is 0 Å². The molecule has 0 aromatic heterocycles. The fourth-order valence-electron chi connectivity index (χ4n) is 5.88. The zero-order valence-electron chi connectivity index (χ0n) is 26.1. The third-order valence-corrected chi connectivity index (χ3v) is 9.57. The van der Waals surface area contributed by atoms with Crippen LogP contribution in [0.25, 0.3) is 11.1 Å². The number of aliphatic hydroxyl groups is 1. The second-order valence-corrected chi connectivity index (χ2v) is 13.1. The third-order valence-electron chi connectivity index (χ3n) is 8.50. The Morgan fingerprint density at radius 2 is 1.38 bits per heavy atom. The van der Waals surface area contributed by atoms with Crippen molar-refractivity contribution in [1.29, 1.82) is 0 Å². The molecule has 3 nitrogen and oxygen atoms in total. The molecule has 0 aliphatic heterocycles. The van der Waals surface area contributed by atoms with E-state index < -0.39 is 36.0 Å². The number of hydrogen-bond acceptors (Lipinski definition) is 4. The quantitative estimate of drug-likeness (QED) is 0.120. The number of aliphatic hydroxyl groups excluding tert-OH is 1. The van der Waals surface area contributed by atoms with Crippen LogP contribution in [0.5, 0.6) is 5.75 Å². The first-order valence-electron chi connectivity index (χ1n) is 15.9. The van der Waals surface area contributed by atoms with Gasteiger partial charge in [-0.2, -0.15) is 38.1 Å². The Bertz CT molecular complexity index is 1280. The standard InChI is InChI=1S/C34H42F9NO2S/c35-26-13-11-24(12-14-26)27-10-7-8-25-22-31(46)30(36)23-29(25)28(27)9-3-1-2-4-16-44(18-19-45)17-5-6-20-47-21-15-32(37,33(38,39)40)34(41,42)43/h11-14,22-23,45-46H,1-10,15-21H2. The van der Waals surface area contributed by atoms with E-state index in [9.17, 15) is 49.7 Å². The van der Waals surface area contributed by atoms with Crippen LogP contribution in [0, 0.1) is 11.6 Å². The molecule has 13 heteroatoms. The van der Waals surface area contributed by atoms with Crippen molar-refractivity contribution in [1.82, 2.24) is 4.90 Å². The zero-order valence-corrected chi connectivity index (χ0v) is 27.0. The molecular formula is C34H42F9NO2S. The summed E-state index contributed by atoms with van der Waals surface area (Å²) in [5.41, 5.74) is -0.627. The first-order valence-corrected chi connectivity index (χ1v) is 17.1. The highest BCUT2D eigenvalue weighted by atomic mass is 32.2. The second kappa shape index (κ2) is 17.9. The number of hydrogen-bond donors (Lipinski definition) is 2. The number of rotatable bonds is 18. The number of nitrogens with zero attached hydrogens (tertiary/aromatic N) is 1. The number of phenols is 1. The molecule has 0 spiro atoms. The van der Waals surface area contributed by atoms with Gasteiger partial charge in [-0.15, -0.1) is 0 Å². The summed E-state index contributed by atoms with van der Waals surface area (Å²) in [5.74, 6) is -1.72. The Kier molecular flexibility index (Phi) is 14.8. The number of aryl methyl sites for hydroxylation is 1. The van der Waals surface area contributed by atoms with Gasteiger partial charge in [0.15, 0.2) is 11.6 Å². The highest BCUT2D eigenvalue weighted by Gasteiger charge is 2.71. The number of thioether (sulfide) groups is 1. The molecule has 2 N–H and O–H groups in total. The van der Waals surface area contributed by atoms with Crippen molar-refractivity contribution in [2.75, 3.05) is 37.7 Å². The molecule has 0 saturated heterocycles. The molecule has 0 atom stereocenters. The van der Waals surface area contributed by atoms with Crippen LogP contribution in [-0.4, -0.2) is 70.9 Å². The summed E-state index contributed by atoms with van der Waals surface area (Å²) in [5, 5.41) is 19.4. The number of benzene rings is 2. The molecule has 2 aromatic carbocycles. The van der Waals surface area contributed by atoms with E-state index in [4.69, 9.17) is 0 Å². The first kappa shape index (κ1) is 39.1. The number of aromatic hydroxyl groups is 1. The maximum atomic E-state index is 14.5. The smallest absolute Gasteiger partial charge is 0.431 e. The average molecular weight is 700 g/mol. The van der Waals surface area contributed by atoms with Crippen molar-refractivity contribution in [3.8, 4) is 5.75 Å². The Balaban J connectivity index is 1.45. The summed E-state index contributed by atoms with van der Waals surface area (Å²) in [4.78, 5) is 2.05. The molecule has 0 saturated carbocycles. The minimum atomic E-state index is -6.02. The number of fused-ring (bicyclic) bond motifs is 1. The third kappa shape index (κ3) is 11.1. The molecule has 264 valence electrons. The van der Waals surface area contributed by atoms with E-state index in [0.29, 0.717) is 51.1 Å². The summed E-state index contributed by atoms with van der Waals surface area (Å²) in [6.07, 6.45) is -6.24. The monoisotopic (exact) mass is 699 g/mol. The average Bonchev–Trinajstić information content (AvgIpc) is 3.16. The minimum absolute atomic E-state index is 0.0615. The Morgan fingerprint density at radius 3 is 2.02 bits per heavy atom. The lowest BCUT2D eigenvalue weighted by molar-refractivity contribution is -0.341. The zero-order chi connectivity index (χ0) is 34.7. The molecule has 1 aliphatic rings. The SMILES string of the molecule is OCCN(CCCCCCC1=C(c2ccc(F)cc2)CCCc2cc(O)c(F)cc21)CCCCSCCC(F)(C(F)(F)F)C(F)(F)F. The van der Waals surface area contributed by atoms with Crippen LogP contribution < -0.4 is 0 Å². The number of allylic oxidation sites excluding steroid dienone is 2. The number of unbranched alkanes of at least 4 members (excludes halogenated alkanes) is 4. The summed E-state index contributed by atoms with van der Waals surface area (Å²) < 4.78 is 118. The fraction of sp³-hybridized carbons (Fsp3) is 0.588. The van der Waals surface area contributed by atoms with Gasteiger partial charge < -0.3 is 15.1 Å². The molecule has 0 amide bonds. The van der Waals surface area contributed by atoms with Gasteiger partial charge in [0.05, 0.1) is 6.61 Å². The van der Waals surface area contributed by atoms with E-state index in [1.165, 1.54) is 24.3 Å². The normalized spacial score (nSPS) is 14.5. The molecule has 0 bridgehead atoms. The first-order chi connectivity index (χ1) is 22.2. The van der Waals surface area contributed by atoms with Crippen molar-refractivity contribution in [3.05, 3.63) is 64.7 Å². The van der Waals surface area contributed by atoms with Crippen LogP contribution >= 0.6 is 11.8 Å². The Hall–Kier alpha value is -2.38. The van der Waals surface area contributed by atoms with Gasteiger partial charge in [-0.05, 0) is 128 Å². The van der Waals surface area contributed by atoms with E-state index in [1.54, 1.807) is 12.1 Å². The second-order valence-electron chi connectivity index (χ2n) is 11.9. The fourth-order valence-corrected chi connectivity index (χ4v) is 6.92. The lowest BCUT2D eigenvalue weighted by atomic mass is 9.89. The maximum Gasteiger partial charge on any atom is 0.431 e. The van der Waals surface area contributed by atoms with Gasteiger partial charge in [-0.25, -0.2) is 13.2 Å². The molecule has 1 aliphatic carbocycles. The van der Waals surface area contributed by atoms with Gasteiger partial charge in [0, 0.05) is 13.0 Å². The lowest BCUT2D eigenvalue weighted by Gasteiger charge is -2.29. The topological polar surface area (TPSA) is 43.7 Å². The van der Waals surface area contributed by atoms with Crippen LogP contribution in [0.4, 0.5) is 39.5 Å². The van der Waals surface area contributed by atoms with Crippen molar-refractivity contribution >= 4 is 22.9 Å². The molecule has 0 heterocycles. The van der Waals surface area contributed by atoms with Gasteiger partial charge in [-0.1, -0.05) is 25.0 Å². The maximum absolute atomic E-state index is 14.5. The molecule has 0 fully saturated rings. The molecule has 3 rings (SSSR count). The van der Waals surface area contributed by atoms with Crippen molar-refractivity contribution in [3.63, 3.8) is 0 Å². The van der Waals surface area contributed by atoms with Crippen LogP contribution in [0.2, 0.25) is 0 Å². The molecule has 47 heavy (non-hydrogen) atoms. The van der Waals surface area contributed by atoms with Gasteiger partial charge in [0.2, 0.25) is 0 Å². The summed E-state index contributed by atoms with van der Waals surface area (Å²) >= 11 is 0.852.